The number of aliphatic hydroxyl groups is 1. The van der Waals surface area contributed by atoms with E-state index in [0.29, 0.717) is 29.9 Å². The van der Waals surface area contributed by atoms with Crippen molar-refractivity contribution < 1.29 is 19.4 Å². The molecule has 1 aromatic carbocycles. The van der Waals surface area contributed by atoms with Gasteiger partial charge in [0, 0.05) is 43.8 Å². The van der Waals surface area contributed by atoms with Crippen LogP contribution in [0.15, 0.2) is 42.7 Å². The number of carbonyl (C=O) groups is 1. The summed E-state index contributed by atoms with van der Waals surface area (Å²) in [6, 6.07) is 9.65. The van der Waals surface area contributed by atoms with Crippen LogP contribution in [0, 0.1) is 5.92 Å². The zero-order valence-electron chi connectivity index (χ0n) is 19.9. The summed E-state index contributed by atoms with van der Waals surface area (Å²) < 4.78 is 11.7. The number of aliphatic hydroxyl groups excluding tert-OH is 1. The summed E-state index contributed by atoms with van der Waals surface area (Å²) in [5.74, 6) is 0.264. The number of nitrogens with one attached hydrogen (secondary N) is 1. The molecule has 10 heteroatoms. The summed E-state index contributed by atoms with van der Waals surface area (Å²) in [6.45, 7) is 2.79. The number of rotatable bonds is 6. The van der Waals surface area contributed by atoms with Gasteiger partial charge in [0.25, 0.3) is 0 Å². The summed E-state index contributed by atoms with van der Waals surface area (Å²) in [4.78, 5) is 30.3. The third-order valence-corrected chi connectivity index (χ3v) is 6.59. The molecule has 184 valence electrons. The molecule has 35 heavy (non-hydrogen) atoms. The molecule has 1 amide bonds. The molecule has 0 saturated carbocycles. The number of ether oxygens (including phenoxy) is 2. The predicted molar refractivity (Wildman–Crippen MR) is 131 cm³/mol. The molecular weight excluding hydrogens is 448 g/mol. The number of carbonyl (C=O) groups excluding carboxylic acids is 1. The van der Waals surface area contributed by atoms with Crippen LogP contribution < -0.4 is 10.1 Å². The van der Waals surface area contributed by atoms with Crippen molar-refractivity contribution >= 4 is 22.6 Å². The molecule has 0 unspecified atom stereocenters. The second-order valence-electron chi connectivity index (χ2n) is 9.01. The zero-order chi connectivity index (χ0) is 24.4. The van der Waals surface area contributed by atoms with Crippen molar-refractivity contribution in [3.05, 3.63) is 42.7 Å². The maximum Gasteiger partial charge on any atom is 0.245 e. The second kappa shape index (κ2) is 10.1. The topological polar surface area (TPSA) is 113 Å². The van der Waals surface area contributed by atoms with Gasteiger partial charge in [0.05, 0.1) is 30.3 Å². The lowest BCUT2D eigenvalue weighted by molar-refractivity contribution is -0.169. The maximum atomic E-state index is 13.0. The van der Waals surface area contributed by atoms with Crippen LogP contribution >= 0.6 is 0 Å². The largest absolute Gasteiger partial charge is 0.443 e. The lowest BCUT2D eigenvalue weighted by Gasteiger charge is -2.36. The molecule has 2 aliphatic heterocycles. The highest BCUT2D eigenvalue weighted by Crippen LogP contribution is 2.29. The van der Waals surface area contributed by atoms with Gasteiger partial charge < -0.3 is 29.7 Å². The number of hydrogen-bond acceptors (Lipinski definition) is 9. The smallest absolute Gasteiger partial charge is 0.245 e. The fourth-order valence-corrected chi connectivity index (χ4v) is 4.61. The number of nitrogens with zero attached hydrogens (tertiary/aromatic N) is 5. The third kappa shape index (κ3) is 5.04. The van der Waals surface area contributed by atoms with Crippen LogP contribution in [-0.4, -0.2) is 95.0 Å². The zero-order valence-corrected chi connectivity index (χ0v) is 19.9. The Morgan fingerprint density at radius 2 is 2.00 bits per heavy atom. The lowest BCUT2D eigenvalue weighted by atomic mass is 10.1. The Balaban J connectivity index is 1.35. The fraction of sp³-hybridized carbons (Fsp3) is 0.440. The first-order chi connectivity index (χ1) is 17.0. The third-order valence-electron chi connectivity index (χ3n) is 6.59. The standard InChI is InChI=1S/C25H30N6O4/c1-26-18-5-3-16(4-6-18)19-13-20-22(28-9-8-27-20)23(29-19)35-25(33)21-15-31(11-12-34-21)24(32)17-7-10-30(2)14-17/h3-6,8-9,13,17,21,25-26,33H,7,10-12,14-15H2,1-2H3/t17-,21-,25-/m0/s1. The molecule has 0 radical (unpaired) electrons. The summed E-state index contributed by atoms with van der Waals surface area (Å²) in [5.41, 5.74) is 3.56. The van der Waals surface area contributed by atoms with Crippen molar-refractivity contribution in [3.8, 4) is 17.1 Å². The number of amides is 1. The van der Waals surface area contributed by atoms with Crippen LogP contribution in [0.1, 0.15) is 6.42 Å². The van der Waals surface area contributed by atoms with Crippen molar-refractivity contribution in [2.75, 3.05) is 52.2 Å². The Kier molecular flexibility index (Phi) is 6.76. The highest BCUT2D eigenvalue weighted by Gasteiger charge is 2.35. The van der Waals surface area contributed by atoms with Gasteiger partial charge in [-0.3, -0.25) is 9.78 Å². The van der Waals surface area contributed by atoms with E-state index in [2.05, 4.69) is 25.2 Å². The van der Waals surface area contributed by atoms with Crippen molar-refractivity contribution in [2.45, 2.75) is 18.8 Å². The number of hydrogen-bond donors (Lipinski definition) is 2. The van der Waals surface area contributed by atoms with Gasteiger partial charge in [-0.25, -0.2) is 9.97 Å². The molecule has 2 saturated heterocycles. The van der Waals surface area contributed by atoms with E-state index < -0.39 is 12.4 Å². The van der Waals surface area contributed by atoms with Gasteiger partial charge in [-0.15, -0.1) is 0 Å². The Morgan fingerprint density at radius 3 is 2.74 bits per heavy atom. The van der Waals surface area contributed by atoms with Crippen LogP contribution in [0.2, 0.25) is 0 Å². The summed E-state index contributed by atoms with van der Waals surface area (Å²) in [7, 11) is 3.89. The molecule has 0 bridgehead atoms. The minimum absolute atomic E-state index is 0.0105. The minimum Gasteiger partial charge on any atom is -0.443 e. The average molecular weight is 479 g/mol. The quantitative estimate of drug-likeness (QED) is 0.510. The molecule has 2 aromatic heterocycles. The first-order valence-electron chi connectivity index (χ1n) is 11.9. The van der Waals surface area contributed by atoms with Crippen molar-refractivity contribution in [2.24, 2.45) is 5.92 Å². The fourth-order valence-electron chi connectivity index (χ4n) is 4.61. The molecule has 10 nitrogen and oxygen atoms in total. The number of aromatic nitrogens is 3. The number of likely N-dealkylation sites (tertiary alicyclic amines) is 1. The maximum absolute atomic E-state index is 13.0. The molecule has 2 aliphatic rings. The van der Waals surface area contributed by atoms with E-state index >= 15 is 0 Å². The number of pyridine rings is 1. The van der Waals surface area contributed by atoms with Gasteiger partial charge in [0.1, 0.15) is 6.10 Å². The van der Waals surface area contributed by atoms with Crippen molar-refractivity contribution in [1.29, 1.82) is 0 Å². The SMILES string of the molecule is CNc1ccc(-c2cc3nccnc3c(O[C@H](O)[C@@H]3CN(C(=O)[C@H]4CCN(C)C4)CCO3)n2)cc1. The normalized spacial score (nSPS) is 21.7. The van der Waals surface area contributed by atoms with Crippen LogP contribution in [0.4, 0.5) is 5.69 Å². The van der Waals surface area contributed by atoms with Gasteiger partial charge in [0.15, 0.2) is 5.52 Å². The Hall–Kier alpha value is -3.34. The van der Waals surface area contributed by atoms with E-state index in [-0.39, 0.29) is 24.2 Å². The van der Waals surface area contributed by atoms with Crippen LogP contribution in [0.25, 0.3) is 22.3 Å². The molecule has 0 aliphatic carbocycles. The molecule has 2 N–H and O–H groups in total. The molecule has 3 atom stereocenters. The van der Waals surface area contributed by atoms with Gasteiger partial charge in [-0.2, -0.15) is 0 Å². The first kappa shape index (κ1) is 23.4. The number of morpholine rings is 1. The van der Waals surface area contributed by atoms with Gasteiger partial charge in [0.2, 0.25) is 18.1 Å². The van der Waals surface area contributed by atoms with Gasteiger partial charge >= 0.3 is 0 Å². The van der Waals surface area contributed by atoms with E-state index in [1.54, 1.807) is 17.3 Å². The van der Waals surface area contributed by atoms with Gasteiger partial charge in [-0.1, -0.05) is 12.1 Å². The van der Waals surface area contributed by atoms with Crippen molar-refractivity contribution in [1.82, 2.24) is 24.8 Å². The second-order valence-corrected chi connectivity index (χ2v) is 9.01. The van der Waals surface area contributed by atoms with E-state index in [0.717, 1.165) is 30.8 Å². The van der Waals surface area contributed by atoms with Crippen LogP contribution in [0.5, 0.6) is 5.88 Å². The molecule has 2 fully saturated rings. The van der Waals surface area contributed by atoms with Crippen LogP contribution in [-0.2, 0) is 9.53 Å². The molecule has 4 heterocycles. The first-order valence-corrected chi connectivity index (χ1v) is 11.9. The minimum atomic E-state index is -1.32. The van der Waals surface area contributed by atoms with E-state index in [9.17, 15) is 9.90 Å². The Morgan fingerprint density at radius 1 is 1.20 bits per heavy atom. The predicted octanol–water partition coefficient (Wildman–Crippen LogP) is 1.61. The van der Waals surface area contributed by atoms with E-state index in [1.807, 2.05) is 44.4 Å². The summed E-state index contributed by atoms with van der Waals surface area (Å²) in [5, 5.41) is 14.0. The molecule has 0 spiro atoms. The summed E-state index contributed by atoms with van der Waals surface area (Å²) >= 11 is 0. The number of anilines is 1. The van der Waals surface area contributed by atoms with Crippen LogP contribution in [0.3, 0.4) is 0 Å². The highest BCUT2D eigenvalue weighted by atomic mass is 16.6. The monoisotopic (exact) mass is 478 g/mol. The van der Waals surface area contributed by atoms with Gasteiger partial charge in [-0.05, 0) is 38.2 Å². The molecule has 3 aromatic rings. The number of fused-ring (bicyclic) bond motifs is 1. The Labute approximate surface area is 203 Å². The average Bonchev–Trinajstić information content (AvgIpc) is 3.34. The Bertz CT molecular complexity index is 1190. The van der Waals surface area contributed by atoms with Crippen molar-refractivity contribution in [3.63, 3.8) is 0 Å². The molecule has 5 rings (SSSR count). The summed E-state index contributed by atoms with van der Waals surface area (Å²) in [6.07, 6.45) is 1.99. The molecular formula is C25H30N6O4. The lowest BCUT2D eigenvalue weighted by Crippen LogP contribution is -2.52. The van der Waals surface area contributed by atoms with E-state index in [4.69, 9.17) is 9.47 Å². The highest BCUT2D eigenvalue weighted by molar-refractivity contribution is 5.83. The van der Waals surface area contributed by atoms with E-state index in [1.165, 1.54) is 0 Å². The number of benzene rings is 1.